The largest absolute Gasteiger partial charge is 0.497 e. The van der Waals surface area contributed by atoms with Crippen LogP contribution in [-0.4, -0.2) is 38.0 Å². The van der Waals surface area contributed by atoms with Crippen molar-refractivity contribution in [3.05, 3.63) is 82.9 Å². The number of aryl methyl sites for hydroxylation is 1. The predicted molar refractivity (Wildman–Crippen MR) is 142 cm³/mol. The Morgan fingerprint density at radius 2 is 1.73 bits per heavy atom. The van der Waals surface area contributed by atoms with Crippen LogP contribution in [0.15, 0.2) is 66.7 Å². The lowest BCUT2D eigenvalue weighted by atomic mass is 10.1. The summed E-state index contributed by atoms with van der Waals surface area (Å²) in [7, 11) is 1.60. The maximum atomic E-state index is 12.7. The lowest BCUT2D eigenvalue weighted by Crippen LogP contribution is -2.32. The molecule has 9 heteroatoms. The number of hydrogen-bond donors (Lipinski definition) is 2. The molecule has 4 rings (SSSR count). The Kier molecular flexibility index (Phi) is 8.30. The maximum Gasteiger partial charge on any atom is 0.262 e. The van der Waals surface area contributed by atoms with Gasteiger partial charge in [0, 0.05) is 35.9 Å². The molecule has 2 N–H and O–H groups in total. The molecule has 1 atom stereocenters. The molecule has 37 heavy (non-hydrogen) atoms. The second kappa shape index (κ2) is 11.8. The Labute approximate surface area is 220 Å². The van der Waals surface area contributed by atoms with Gasteiger partial charge in [-0.3, -0.25) is 14.4 Å². The molecule has 192 valence electrons. The number of methoxy groups -OCH3 is 1. The highest BCUT2D eigenvalue weighted by Gasteiger charge is 2.35. The van der Waals surface area contributed by atoms with Gasteiger partial charge in [-0.05, 0) is 66.6 Å². The zero-order valence-electron chi connectivity index (χ0n) is 20.6. The third-order valence-electron chi connectivity index (χ3n) is 6.11. The summed E-state index contributed by atoms with van der Waals surface area (Å²) in [6.07, 6.45) is 0.149. The van der Waals surface area contributed by atoms with E-state index in [2.05, 4.69) is 10.6 Å². The van der Waals surface area contributed by atoms with Crippen LogP contribution in [0.25, 0.3) is 0 Å². The molecule has 0 spiro atoms. The first kappa shape index (κ1) is 26.0. The van der Waals surface area contributed by atoms with Gasteiger partial charge in [0.25, 0.3) is 5.91 Å². The van der Waals surface area contributed by atoms with Gasteiger partial charge in [0.1, 0.15) is 11.5 Å². The highest BCUT2D eigenvalue weighted by Crippen LogP contribution is 2.27. The maximum absolute atomic E-state index is 12.7. The molecule has 0 saturated carbocycles. The highest BCUT2D eigenvalue weighted by molar-refractivity contribution is 6.31. The molecule has 1 aliphatic heterocycles. The molecule has 3 aromatic carbocycles. The van der Waals surface area contributed by atoms with Crippen molar-refractivity contribution in [2.24, 2.45) is 5.92 Å². The number of hydrogen-bond acceptors (Lipinski definition) is 5. The minimum absolute atomic E-state index is 0.116. The van der Waals surface area contributed by atoms with E-state index in [0.717, 1.165) is 16.9 Å². The van der Waals surface area contributed by atoms with Crippen LogP contribution in [0.5, 0.6) is 11.5 Å². The first-order valence-corrected chi connectivity index (χ1v) is 12.2. The number of carbonyl (C=O) groups is 3. The van der Waals surface area contributed by atoms with Crippen LogP contribution >= 0.6 is 11.6 Å². The molecule has 0 bridgehead atoms. The first-order chi connectivity index (χ1) is 17.8. The summed E-state index contributed by atoms with van der Waals surface area (Å²) in [5.74, 6) is 0.219. The van der Waals surface area contributed by atoms with Gasteiger partial charge in [-0.2, -0.15) is 0 Å². The van der Waals surface area contributed by atoms with Gasteiger partial charge in [0.15, 0.2) is 6.61 Å². The van der Waals surface area contributed by atoms with E-state index in [1.807, 2.05) is 37.3 Å². The fraction of sp³-hybridized carbons (Fsp3) is 0.250. The Morgan fingerprint density at radius 3 is 2.43 bits per heavy atom. The fourth-order valence-electron chi connectivity index (χ4n) is 4.00. The average Bonchev–Trinajstić information content (AvgIpc) is 3.30. The number of rotatable bonds is 9. The van der Waals surface area contributed by atoms with E-state index < -0.39 is 5.92 Å². The number of ether oxygens (including phenoxy) is 2. The third-order valence-corrected chi connectivity index (χ3v) is 6.35. The summed E-state index contributed by atoms with van der Waals surface area (Å²) < 4.78 is 10.7. The number of anilines is 2. The zero-order chi connectivity index (χ0) is 26.4. The minimum atomic E-state index is -0.430. The van der Waals surface area contributed by atoms with Crippen LogP contribution < -0.4 is 25.0 Å². The Morgan fingerprint density at radius 1 is 1.03 bits per heavy atom. The monoisotopic (exact) mass is 521 g/mol. The van der Waals surface area contributed by atoms with Crippen LogP contribution in [0.2, 0.25) is 5.02 Å². The van der Waals surface area contributed by atoms with Gasteiger partial charge in [-0.25, -0.2) is 0 Å². The average molecular weight is 522 g/mol. The number of nitrogens with one attached hydrogen (secondary N) is 2. The van der Waals surface area contributed by atoms with E-state index >= 15 is 0 Å². The predicted octanol–water partition coefficient (Wildman–Crippen LogP) is 4.34. The summed E-state index contributed by atoms with van der Waals surface area (Å²) in [5, 5.41) is 6.22. The number of amides is 3. The van der Waals surface area contributed by atoms with Gasteiger partial charge in [-0.15, -0.1) is 0 Å². The van der Waals surface area contributed by atoms with Crippen LogP contribution in [0.1, 0.15) is 17.5 Å². The second-order valence-electron chi connectivity index (χ2n) is 8.76. The molecule has 0 aliphatic carbocycles. The van der Waals surface area contributed by atoms with Gasteiger partial charge in [-0.1, -0.05) is 29.8 Å². The highest BCUT2D eigenvalue weighted by atomic mass is 35.5. The normalized spacial score (nSPS) is 14.8. The molecule has 0 aromatic heterocycles. The lowest BCUT2D eigenvalue weighted by molar-refractivity contribution is -0.126. The van der Waals surface area contributed by atoms with Crippen molar-refractivity contribution in [2.45, 2.75) is 19.9 Å². The molecule has 8 nitrogen and oxygen atoms in total. The Hall–Kier alpha value is -4.04. The smallest absolute Gasteiger partial charge is 0.262 e. The molecule has 1 fully saturated rings. The second-order valence-corrected chi connectivity index (χ2v) is 9.20. The molecular weight excluding hydrogens is 494 g/mol. The molecule has 1 saturated heterocycles. The van der Waals surface area contributed by atoms with E-state index in [4.69, 9.17) is 21.1 Å². The Balaban J connectivity index is 1.26. The van der Waals surface area contributed by atoms with Crippen LogP contribution in [0.3, 0.4) is 0 Å². The number of halogens is 1. The zero-order valence-corrected chi connectivity index (χ0v) is 21.4. The summed E-state index contributed by atoms with van der Waals surface area (Å²) in [5.41, 5.74) is 3.14. The lowest BCUT2D eigenvalue weighted by Gasteiger charge is -2.17. The Bertz CT molecular complexity index is 1280. The molecule has 3 aromatic rings. The summed E-state index contributed by atoms with van der Waals surface area (Å²) in [6, 6.07) is 19.6. The summed E-state index contributed by atoms with van der Waals surface area (Å²) in [4.78, 5) is 39.1. The third kappa shape index (κ3) is 6.80. The topological polar surface area (TPSA) is 97.0 Å². The standard InChI is InChI=1S/C28H28ClN3O5/c1-18-3-6-21(29)14-25(18)31-26(33)17-37-24-11-7-22(8-12-24)32-16-20(13-27(32)34)28(35)30-15-19-4-9-23(36-2)10-5-19/h3-12,14,20H,13,15-17H2,1-2H3,(H,30,35)(H,31,33)/t20-/m0/s1. The van der Waals surface area contributed by atoms with Gasteiger partial charge in [0.2, 0.25) is 11.8 Å². The van der Waals surface area contributed by atoms with Crippen LogP contribution in [0.4, 0.5) is 11.4 Å². The van der Waals surface area contributed by atoms with E-state index in [9.17, 15) is 14.4 Å². The van der Waals surface area contributed by atoms with E-state index in [-0.39, 0.29) is 30.7 Å². The molecule has 1 aliphatic rings. The fourth-order valence-corrected chi connectivity index (χ4v) is 4.17. The summed E-state index contributed by atoms with van der Waals surface area (Å²) in [6.45, 7) is 2.38. The van der Waals surface area contributed by atoms with Crippen LogP contribution in [0, 0.1) is 12.8 Å². The van der Waals surface area contributed by atoms with E-state index in [0.29, 0.717) is 35.2 Å². The van der Waals surface area contributed by atoms with Crippen molar-refractivity contribution in [1.82, 2.24) is 5.32 Å². The molecule has 1 heterocycles. The van der Waals surface area contributed by atoms with Crippen molar-refractivity contribution in [1.29, 1.82) is 0 Å². The summed E-state index contributed by atoms with van der Waals surface area (Å²) >= 11 is 5.99. The van der Waals surface area contributed by atoms with E-state index in [1.165, 1.54) is 0 Å². The van der Waals surface area contributed by atoms with Gasteiger partial charge in [0.05, 0.1) is 13.0 Å². The van der Waals surface area contributed by atoms with Crippen molar-refractivity contribution in [2.75, 3.05) is 30.5 Å². The SMILES string of the molecule is COc1ccc(CNC(=O)[C@H]2CC(=O)N(c3ccc(OCC(=O)Nc4cc(Cl)ccc4C)cc3)C2)cc1. The van der Waals surface area contributed by atoms with Crippen molar-refractivity contribution in [3.63, 3.8) is 0 Å². The van der Waals surface area contributed by atoms with Gasteiger partial charge < -0.3 is 25.0 Å². The minimum Gasteiger partial charge on any atom is -0.497 e. The van der Waals surface area contributed by atoms with Gasteiger partial charge >= 0.3 is 0 Å². The number of nitrogens with zero attached hydrogens (tertiary/aromatic N) is 1. The molecule has 0 radical (unpaired) electrons. The number of benzene rings is 3. The van der Waals surface area contributed by atoms with Crippen LogP contribution in [-0.2, 0) is 20.9 Å². The van der Waals surface area contributed by atoms with E-state index in [1.54, 1.807) is 48.4 Å². The van der Waals surface area contributed by atoms with Crippen molar-refractivity contribution >= 4 is 40.7 Å². The van der Waals surface area contributed by atoms with Crippen molar-refractivity contribution < 1.29 is 23.9 Å². The first-order valence-electron chi connectivity index (χ1n) is 11.8. The molecular formula is C28H28ClN3O5. The molecule has 3 amide bonds. The number of carbonyl (C=O) groups excluding carboxylic acids is 3. The van der Waals surface area contributed by atoms with Crippen molar-refractivity contribution in [3.8, 4) is 11.5 Å². The quantitative estimate of drug-likeness (QED) is 0.436. The molecule has 0 unspecified atom stereocenters.